The fraction of sp³-hybridized carbons (Fsp3) is 0. The molecule has 5 rings (SSSR count). The molecule has 0 saturated heterocycles. The SMILES string of the molecule is Nc1ccc(-c2nc(Nn3ncc4cc(F)cc(F)c43)c3ccccc3n2)c(Cl)c1. The van der Waals surface area contributed by atoms with E-state index in [0.717, 1.165) is 6.07 Å². The summed E-state index contributed by atoms with van der Waals surface area (Å²) in [5.41, 5.74) is 10.7. The van der Waals surface area contributed by atoms with Gasteiger partial charge < -0.3 is 5.73 Å². The van der Waals surface area contributed by atoms with E-state index in [0.29, 0.717) is 44.2 Å². The average Bonchev–Trinajstić information content (AvgIpc) is 3.10. The normalized spacial score (nSPS) is 11.3. The number of rotatable bonds is 3. The maximum absolute atomic E-state index is 14.4. The Hall–Kier alpha value is -3.78. The lowest BCUT2D eigenvalue weighted by molar-refractivity contribution is 0.587. The van der Waals surface area contributed by atoms with Crippen molar-refractivity contribution in [3.63, 3.8) is 0 Å². The first-order chi connectivity index (χ1) is 14.5. The number of nitrogen functional groups attached to an aromatic ring is 1. The highest BCUT2D eigenvalue weighted by molar-refractivity contribution is 6.33. The van der Waals surface area contributed by atoms with Crippen molar-refractivity contribution in [3.05, 3.63) is 77.5 Å². The maximum atomic E-state index is 14.4. The minimum atomic E-state index is -0.741. The van der Waals surface area contributed by atoms with Gasteiger partial charge in [0.15, 0.2) is 17.5 Å². The minimum Gasteiger partial charge on any atom is -0.399 e. The van der Waals surface area contributed by atoms with Crippen molar-refractivity contribution in [1.29, 1.82) is 0 Å². The Morgan fingerprint density at radius 3 is 2.67 bits per heavy atom. The topological polar surface area (TPSA) is 81.6 Å². The highest BCUT2D eigenvalue weighted by Crippen LogP contribution is 2.31. The minimum absolute atomic E-state index is 0.103. The van der Waals surface area contributed by atoms with Crippen molar-refractivity contribution in [3.8, 4) is 11.4 Å². The van der Waals surface area contributed by atoms with Crippen LogP contribution in [0.25, 0.3) is 33.2 Å². The van der Waals surface area contributed by atoms with Crippen LogP contribution in [0, 0.1) is 11.6 Å². The molecule has 2 aromatic heterocycles. The number of nitrogens with two attached hydrogens (primary N) is 1. The van der Waals surface area contributed by atoms with E-state index in [4.69, 9.17) is 17.3 Å². The second kappa shape index (κ2) is 6.93. The molecule has 2 heterocycles. The fourth-order valence-corrected chi connectivity index (χ4v) is 3.54. The van der Waals surface area contributed by atoms with Crippen LogP contribution < -0.4 is 11.2 Å². The summed E-state index contributed by atoms with van der Waals surface area (Å²) in [6.45, 7) is 0. The summed E-state index contributed by atoms with van der Waals surface area (Å²) in [5, 5.41) is 5.54. The van der Waals surface area contributed by atoms with Crippen molar-refractivity contribution >= 4 is 44.9 Å². The van der Waals surface area contributed by atoms with Gasteiger partial charge in [-0.05, 0) is 36.4 Å². The van der Waals surface area contributed by atoms with E-state index in [2.05, 4.69) is 20.5 Å². The van der Waals surface area contributed by atoms with Crippen molar-refractivity contribution in [2.45, 2.75) is 0 Å². The third-order valence-electron chi connectivity index (χ3n) is 4.63. The second-order valence-corrected chi connectivity index (χ2v) is 7.05. The van der Waals surface area contributed by atoms with Crippen LogP contribution >= 0.6 is 11.6 Å². The number of halogens is 3. The molecule has 148 valence electrons. The summed E-state index contributed by atoms with van der Waals surface area (Å²) in [5.74, 6) is -0.663. The van der Waals surface area contributed by atoms with Gasteiger partial charge >= 0.3 is 0 Å². The summed E-state index contributed by atoms with van der Waals surface area (Å²) >= 11 is 6.34. The molecule has 0 aliphatic rings. The number of nitrogens with one attached hydrogen (secondary N) is 1. The molecule has 9 heteroatoms. The predicted octanol–water partition coefficient (Wildman–Crippen LogP) is 5.04. The van der Waals surface area contributed by atoms with E-state index in [1.807, 2.05) is 24.3 Å². The number of hydrogen-bond donors (Lipinski definition) is 2. The van der Waals surface area contributed by atoms with Gasteiger partial charge in [0.05, 0.1) is 16.7 Å². The van der Waals surface area contributed by atoms with Crippen LogP contribution in [0.1, 0.15) is 0 Å². The molecular weight excluding hydrogens is 410 g/mol. The summed E-state index contributed by atoms with van der Waals surface area (Å²) in [7, 11) is 0. The van der Waals surface area contributed by atoms with E-state index in [1.54, 1.807) is 18.2 Å². The molecular formula is C21H13ClF2N6. The summed E-state index contributed by atoms with van der Waals surface area (Å²) < 4.78 is 27.9. The molecule has 3 N–H and O–H groups in total. The van der Waals surface area contributed by atoms with Crippen molar-refractivity contribution < 1.29 is 8.78 Å². The van der Waals surface area contributed by atoms with Crippen molar-refractivity contribution in [2.75, 3.05) is 11.2 Å². The van der Waals surface area contributed by atoms with Crippen molar-refractivity contribution in [2.24, 2.45) is 0 Å². The lowest BCUT2D eigenvalue weighted by atomic mass is 10.1. The van der Waals surface area contributed by atoms with E-state index < -0.39 is 11.6 Å². The van der Waals surface area contributed by atoms with Crippen LogP contribution in [0.5, 0.6) is 0 Å². The molecule has 0 saturated carbocycles. The largest absolute Gasteiger partial charge is 0.399 e. The van der Waals surface area contributed by atoms with Gasteiger partial charge in [0, 0.05) is 28.1 Å². The van der Waals surface area contributed by atoms with Crippen LogP contribution in [0.2, 0.25) is 5.02 Å². The number of hydrogen-bond acceptors (Lipinski definition) is 5. The monoisotopic (exact) mass is 422 g/mol. The third-order valence-corrected chi connectivity index (χ3v) is 4.94. The molecule has 0 fully saturated rings. The number of fused-ring (bicyclic) bond motifs is 2. The van der Waals surface area contributed by atoms with E-state index in [9.17, 15) is 8.78 Å². The molecule has 0 unspecified atom stereocenters. The standard InChI is InChI=1S/C21H13ClF2N6/c22-16-9-13(25)5-6-14(16)20-27-18-4-2-1-3-15(18)21(28-20)29-30-19-11(10-26-30)7-12(23)8-17(19)24/h1-10H,25H2,(H,27,28,29). The molecule has 0 spiro atoms. The molecule has 6 nitrogen and oxygen atoms in total. The van der Waals surface area contributed by atoms with Crippen LogP contribution in [0.3, 0.4) is 0 Å². The maximum Gasteiger partial charge on any atom is 0.163 e. The molecule has 0 aliphatic heterocycles. The second-order valence-electron chi connectivity index (χ2n) is 6.65. The van der Waals surface area contributed by atoms with Gasteiger partial charge in [0.1, 0.15) is 11.3 Å². The molecule has 0 atom stereocenters. The zero-order valence-corrected chi connectivity index (χ0v) is 16.0. The molecule has 3 aromatic carbocycles. The van der Waals surface area contributed by atoms with Gasteiger partial charge in [-0.3, -0.25) is 5.43 Å². The number of benzene rings is 3. The Kier molecular flexibility index (Phi) is 4.22. The Balaban J connectivity index is 1.69. The fourth-order valence-electron chi connectivity index (χ4n) is 3.27. The molecule has 30 heavy (non-hydrogen) atoms. The van der Waals surface area contributed by atoms with Gasteiger partial charge in [0.25, 0.3) is 0 Å². The van der Waals surface area contributed by atoms with Crippen molar-refractivity contribution in [1.82, 2.24) is 19.9 Å². The van der Waals surface area contributed by atoms with E-state index in [1.165, 1.54) is 17.1 Å². The number of aromatic nitrogens is 4. The van der Waals surface area contributed by atoms with Crippen LogP contribution in [0.15, 0.2) is 60.8 Å². The first-order valence-corrected chi connectivity index (χ1v) is 9.29. The zero-order chi connectivity index (χ0) is 20.8. The molecule has 0 radical (unpaired) electrons. The Labute approximate surface area is 173 Å². The smallest absolute Gasteiger partial charge is 0.163 e. The van der Waals surface area contributed by atoms with Crippen LogP contribution in [-0.4, -0.2) is 19.9 Å². The Morgan fingerprint density at radius 2 is 1.83 bits per heavy atom. The first-order valence-electron chi connectivity index (χ1n) is 8.91. The van der Waals surface area contributed by atoms with Gasteiger partial charge in [-0.2, -0.15) is 9.89 Å². The Bertz CT molecular complexity index is 1430. The summed E-state index contributed by atoms with van der Waals surface area (Å²) in [4.78, 5) is 10.4. The predicted molar refractivity (Wildman–Crippen MR) is 113 cm³/mol. The summed E-state index contributed by atoms with van der Waals surface area (Å²) in [6.07, 6.45) is 1.37. The van der Waals surface area contributed by atoms with Crippen LogP contribution in [-0.2, 0) is 0 Å². The number of nitrogens with zero attached hydrogens (tertiary/aromatic N) is 4. The zero-order valence-electron chi connectivity index (χ0n) is 15.3. The lowest BCUT2D eigenvalue weighted by Gasteiger charge is -2.12. The van der Waals surface area contributed by atoms with Gasteiger partial charge in [0.2, 0.25) is 0 Å². The summed E-state index contributed by atoms with van der Waals surface area (Å²) in [6, 6.07) is 14.4. The number of anilines is 2. The Morgan fingerprint density at radius 1 is 1.00 bits per heavy atom. The quantitative estimate of drug-likeness (QED) is 0.398. The van der Waals surface area contributed by atoms with Gasteiger partial charge in [-0.25, -0.2) is 18.7 Å². The molecule has 0 aliphatic carbocycles. The number of para-hydroxylation sites is 1. The van der Waals surface area contributed by atoms with Gasteiger partial charge in [-0.1, -0.05) is 23.7 Å². The first kappa shape index (κ1) is 18.3. The van der Waals surface area contributed by atoms with E-state index in [-0.39, 0.29) is 5.52 Å². The van der Waals surface area contributed by atoms with Gasteiger partial charge in [-0.15, -0.1) is 0 Å². The highest BCUT2D eigenvalue weighted by Gasteiger charge is 2.15. The molecule has 0 bridgehead atoms. The average molecular weight is 423 g/mol. The van der Waals surface area contributed by atoms with E-state index >= 15 is 0 Å². The molecule has 5 aromatic rings. The highest BCUT2D eigenvalue weighted by atomic mass is 35.5. The third kappa shape index (κ3) is 3.07. The van der Waals surface area contributed by atoms with Crippen LogP contribution in [0.4, 0.5) is 20.3 Å². The molecule has 0 amide bonds. The lowest BCUT2D eigenvalue weighted by Crippen LogP contribution is -2.13.